The van der Waals surface area contributed by atoms with Crippen LogP contribution in [0.1, 0.15) is 13.8 Å². The Morgan fingerprint density at radius 2 is 2.24 bits per heavy atom. The van der Waals surface area contributed by atoms with E-state index < -0.39 is 0 Å². The molecule has 0 aromatic carbocycles. The Balaban J connectivity index is 2.28. The molecule has 0 saturated carbocycles. The maximum atomic E-state index is 11.3. The van der Waals surface area contributed by atoms with Crippen molar-refractivity contribution in [3.8, 4) is 5.88 Å². The van der Waals surface area contributed by atoms with Gasteiger partial charge in [-0.05, 0) is 0 Å². The van der Waals surface area contributed by atoms with Crippen LogP contribution in [-0.4, -0.2) is 36.1 Å². The van der Waals surface area contributed by atoms with Crippen molar-refractivity contribution in [2.45, 2.75) is 13.8 Å². The lowest BCUT2D eigenvalue weighted by atomic mass is 10.2. The van der Waals surface area contributed by atoms with Gasteiger partial charge >= 0.3 is 0 Å². The lowest BCUT2D eigenvalue weighted by Gasteiger charge is -2.08. The number of aromatic nitrogens is 2. The molecule has 0 fully saturated rings. The minimum atomic E-state index is 0.00284. The van der Waals surface area contributed by atoms with Crippen molar-refractivity contribution in [2.75, 3.05) is 25.5 Å². The van der Waals surface area contributed by atoms with Crippen molar-refractivity contribution in [3.63, 3.8) is 0 Å². The van der Waals surface area contributed by atoms with Gasteiger partial charge in [0.2, 0.25) is 17.7 Å². The lowest BCUT2D eigenvalue weighted by Crippen LogP contribution is -2.32. The van der Waals surface area contributed by atoms with E-state index in [4.69, 9.17) is 4.74 Å². The number of anilines is 1. The Hall–Kier alpha value is -1.85. The fourth-order valence-electron chi connectivity index (χ4n) is 1.11. The van der Waals surface area contributed by atoms with Crippen molar-refractivity contribution in [3.05, 3.63) is 12.3 Å². The van der Waals surface area contributed by atoms with E-state index in [9.17, 15) is 4.79 Å². The number of hydrogen-bond donors (Lipinski definition) is 2. The third-order valence-corrected chi connectivity index (χ3v) is 2.07. The molecular weight excluding hydrogens is 220 g/mol. The molecule has 1 aromatic heterocycles. The fraction of sp³-hybridized carbons (Fsp3) is 0.545. The van der Waals surface area contributed by atoms with Crippen molar-refractivity contribution in [2.24, 2.45) is 5.92 Å². The van der Waals surface area contributed by atoms with Gasteiger partial charge in [-0.3, -0.25) is 4.79 Å². The first-order chi connectivity index (χ1) is 8.13. The largest absolute Gasteiger partial charge is 0.481 e. The van der Waals surface area contributed by atoms with Gasteiger partial charge in [0.15, 0.2) is 0 Å². The quantitative estimate of drug-likeness (QED) is 0.712. The molecule has 1 amide bonds. The van der Waals surface area contributed by atoms with Crippen LogP contribution in [0, 0.1) is 5.92 Å². The summed E-state index contributed by atoms with van der Waals surface area (Å²) in [7, 11) is 1.55. The molecule has 1 rings (SSSR count). The average Bonchev–Trinajstić information content (AvgIpc) is 2.34. The second-order valence-corrected chi connectivity index (χ2v) is 3.80. The molecule has 6 nitrogen and oxygen atoms in total. The maximum absolute atomic E-state index is 11.3. The van der Waals surface area contributed by atoms with Crippen LogP contribution < -0.4 is 15.4 Å². The van der Waals surface area contributed by atoms with Crippen LogP contribution >= 0.6 is 0 Å². The number of carbonyl (C=O) groups is 1. The summed E-state index contributed by atoms with van der Waals surface area (Å²) in [6.45, 7) is 4.82. The van der Waals surface area contributed by atoms with Gasteiger partial charge in [0.05, 0.1) is 7.11 Å². The zero-order valence-electron chi connectivity index (χ0n) is 10.4. The van der Waals surface area contributed by atoms with Gasteiger partial charge in [0.25, 0.3) is 0 Å². The van der Waals surface area contributed by atoms with E-state index >= 15 is 0 Å². The summed E-state index contributed by atoms with van der Waals surface area (Å²) in [5, 5.41) is 5.79. The molecule has 94 valence electrons. The van der Waals surface area contributed by atoms with Gasteiger partial charge in [-0.2, -0.15) is 4.98 Å². The molecule has 2 N–H and O–H groups in total. The maximum Gasteiger partial charge on any atom is 0.226 e. The van der Waals surface area contributed by atoms with Crippen molar-refractivity contribution < 1.29 is 9.53 Å². The molecule has 6 heteroatoms. The smallest absolute Gasteiger partial charge is 0.226 e. The first-order valence-corrected chi connectivity index (χ1v) is 5.52. The normalized spacial score (nSPS) is 10.1. The van der Waals surface area contributed by atoms with E-state index in [1.165, 1.54) is 0 Å². The van der Waals surface area contributed by atoms with Crippen molar-refractivity contribution >= 4 is 11.9 Å². The Bertz CT molecular complexity index is 368. The summed E-state index contributed by atoms with van der Waals surface area (Å²) in [6, 6.07) is 1.67. The Kier molecular flexibility index (Phi) is 5.19. The van der Waals surface area contributed by atoms with E-state index in [2.05, 4.69) is 20.6 Å². The van der Waals surface area contributed by atoms with Crippen LogP contribution in [0.5, 0.6) is 5.88 Å². The average molecular weight is 238 g/mol. The van der Waals surface area contributed by atoms with E-state index in [1.807, 2.05) is 13.8 Å². The molecule has 0 bridgehead atoms. The summed E-state index contributed by atoms with van der Waals surface area (Å²) in [5.74, 6) is 1.04. The SMILES string of the molecule is COc1ccnc(NCCNC(=O)C(C)C)n1. The van der Waals surface area contributed by atoms with Gasteiger partial charge in [-0.1, -0.05) is 13.8 Å². The van der Waals surface area contributed by atoms with Crippen LogP contribution in [0.3, 0.4) is 0 Å². The summed E-state index contributed by atoms with van der Waals surface area (Å²) in [6.07, 6.45) is 1.61. The highest BCUT2D eigenvalue weighted by atomic mass is 16.5. The second kappa shape index (κ2) is 6.67. The topological polar surface area (TPSA) is 76.1 Å². The molecule has 0 atom stereocenters. The fourth-order valence-corrected chi connectivity index (χ4v) is 1.11. The third-order valence-electron chi connectivity index (χ3n) is 2.07. The van der Waals surface area contributed by atoms with Crippen LogP contribution in [0.15, 0.2) is 12.3 Å². The van der Waals surface area contributed by atoms with Gasteiger partial charge in [-0.15, -0.1) is 0 Å². The predicted molar refractivity (Wildman–Crippen MR) is 64.9 cm³/mol. The van der Waals surface area contributed by atoms with E-state index in [-0.39, 0.29) is 11.8 Å². The molecule has 1 heterocycles. The van der Waals surface area contributed by atoms with Crippen molar-refractivity contribution in [1.29, 1.82) is 0 Å². The van der Waals surface area contributed by atoms with E-state index in [1.54, 1.807) is 19.4 Å². The van der Waals surface area contributed by atoms with Gasteiger partial charge < -0.3 is 15.4 Å². The zero-order chi connectivity index (χ0) is 12.7. The van der Waals surface area contributed by atoms with Crippen LogP contribution in [-0.2, 0) is 4.79 Å². The molecule has 1 aromatic rings. The summed E-state index contributed by atoms with van der Waals surface area (Å²) < 4.78 is 4.97. The molecule has 0 saturated heterocycles. The third kappa shape index (κ3) is 4.67. The molecular formula is C11H18N4O2. The highest BCUT2D eigenvalue weighted by Gasteiger charge is 2.05. The molecule has 17 heavy (non-hydrogen) atoms. The second-order valence-electron chi connectivity index (χ2n) is 3.80. The van der Waals surface area contributed by atoms with Crippen LogP contribution in [0.4, 0.5) is 5.95 Å². The Labute approximate surface area is 101 Å². The first-order valence-electron chi connectivity index (χ1n) is 5.52. The number of ether oxygens (including phenoxy) is 1. The Morgan fingerprint density at radius 3 is 2.88 bits per heavy atom. The van der Waals surface area contributed by atoms with Gasteiger partial charge in [0.1, 0.15) is 0 Å². The standard InChI is InChI=1S/C11H18N4O2/c1-8(2)10(16)12-6-7-14-11-13-5-4-9(15-11)17-3/h4-5,8H,6-7H2,1-3H3,(H,12,16)(H,13,14,15). The molecule has 0 aliphatic carbocycles. The lowest BCUT2D eigenvalue weighted by molar-refractivity contribution is -0.123. The van der Waals surface area contributed by atoms with Gasteiger partial charge in [-0.25, -0.2) is 4.98 Å². The minimum absolute atomic E-state index is 0.00284. The molecule has 0 spiro atoms. The number of methoxy groups -OCH3 is 1. The highest BCUT2D eigenvalue weighted by molar-refractivity contribution is 5.77. The number of nitrogens with zero attached hydrogens (tertiary/aromatic N) is 2. The molecule has 0 radical (unpaired) electrons. The summed E-state index contributed by atoms with van der Waals surface area (Å²) in [4.78, 5) is 19.4. The number of hydrogen-bond acceptors (Lipinski definition) is 5. The zero-order valence-corrected chi connectivity index (χ0v) is 10.4. The number of carbonyl (C=O) groups excluding carboxylic acids is 1. The number of rotatable bonds is 6. The van der Waals surface area contributed by atoms with Crippen LogP contribution in [0.2, 0.25) is 0 Å². The van der Waals surface area contributed by atoms with Crippen LogP contribution in [0.25, 0.3) is 0 Å². The van der Waals surface area contributed by atoms with E-state index in [0.717, 1.165) is 0 Å². The Morgan fingerprint density at radius 1 is 1.47 bits per heavy atom. The number of nitrogens with one attached hydrogen (secondary N) is 2. The molecule has 0 aliphatic rings. The summed E-state index contributed by atoms with van der Waals surface area (Å²) in [5.41, 5.74) is 0. The molecule has 0 unspecified atom stereocenters. The first kappa shape index (κ1) is 13.2. The summed E-state index contributed by atoms with van der Waals surface area (Å²) >= 11 is 0. The predicted octanol–water partition coefficient (Wildman–Crippen LogP) is 0.669. The number of amides is 1. The van der Waals surface area contributed by atoms with E-state index in [0.29, 0.717) is 24.9 Å². The minimum Gasteiger partial charge on any atom is -0.481 e. The monoisotopic (exact) mass is 238 g/mol. The van der Waals surface area contributed by atoms with Crippen molar-refractivity contribution in [1.82, 2.24) is 15.3 Å². The van der Waals surface area contributed by atoms with Gasteiger partial charge in [0, 0.05) is 31.3 Å². The molecule has 0 aliphatic heterocycles. The highest BCUT2D eigenvalue weighted by Crippen LogP contribution is 2.06.